The van der Waals surface area contributed by atoms with Gasteiger partial charge >= 0.3 is 6.18 Å². The Bertz CT molecular complexity index is 728. The van der Waals surface area contributed by atoms with Gasteiger partial charge in [0.25, 0.3) is 0 Å². The number of alkyl halides is 3. The van der Waals surface area contributed by atoms with Crippen LogP contribution in [-0.2, 0) is 18.4 Å². The van der Waals surface area contributed by atoms with Crippen LogP contribution in [0.15, 0.2) is 24.8 Å². The SMILES string of the molecule is Cl.Cn1cc([C@H]2CNC[C@@H]2C(=O)Nc2cnn(CC(F)(F)F)c2)cn1. The van der Waals surface area contributed by atoms with Crippen LogP contribution in [0.1, 0.15) is 11.5 Å². The molecule has 0 unspecified atom stereocenters. The van der Waals surface area contributed by atoms with Crippen LogP contribution in [0.5, 0.6) is 0 Å². The van der Waals surface area contributed by atoms with Crippen LogP contribution in [0.3, 0.4) is 0 Å². The van der Waals surface area contributed by atoms with Gasteiger partial charge in [-0.15, -0.1) is 12.4 Å². The summed E-state index contributed by atoms with van der Waals surface area (Å²) < 4.78 is 39.4. The van der Waals surface area contributed by atoms with Gasteiger partial charge in [0.1, 0.15) is 6.54 Å². The molecular formula is C14H18ClF3N6O. The van der Waals surface area contributed by atoms with Crippen LogP contribution < -0.4 is 10.6 Å². The van der Waals surface area contributed by atoms with E-state index in [1.807, 2.05) is 6.20 Å². The number of carbonyl (C=O) groups excluding carboxylic acids is 1. The Kier molecular flexibility index (Phi) is 5.73. The standard InChI is InChI=1S/C14H17F3N6O.ClH/c1-22-6-9(2-19-22)11-4-18-5-12(11)13(24)21-10-3-20-23(7-10)8-14(15,16)17;/h2-3,6-7,11-12,18H,4-5,8H2,1H3,(H,21,24);1H/t11-,12+;/m1./s1. The summed E-state index contributed by atoms with van der Waals surface area (Å²) in [6.45, 7) is -0.0363. The van der Waals surface area contributed by atoms with Crippen molar-refractivity contribution in [2.75, 3.05) is 18.4 Å². The lowest BCUT2D eigenvalue weighted by atomic mass is 9.90. The predicted octanol–water partition coefficient (Wildman–Crippen LogP) is 1.54. The van der Waals surface area contributed by atoms with Crippen LogP contribution in [0.4, 0.5) is 18.9 Å². The van der Waals surface area contributed by atoms with Crippen LogP contribution in [-0.4, -0.2) is 44.7 Å². The lowest BCUT2D eigenvalue weighted by Gasteiger charge is -2.16. The molecule has 0 aromatic carbocycles. The van der Waals surface area contributed by atoms with Gasteiger partial charge < -0.3 is 10.6 Å². The van der Waals surface area contributed by atoms with E-state index in [-0.39, 0.29) is 35.8 Å². The molecule has 0 saturated carbocycles. The molecule has 138 valence electrons. The summed E-state index contributed by atoms with van der Waals surface area (Å²) in [5, 5.41) is 13.5. The summed E-state index contributed by atoms with van der Waals surface area (Å²) >= 11 is 0. The number of hydrogen-bond acceptors (Lipinski definition) is 4. The number of carbonyl (C=O) groups is 1. The fourth-order valence-electron chi connectivity index (χ4n) is 2.87. The highest BCUT2D eigenvalue weighted by Crippen LogP contribution is 2.29. The van der Waals surface area contributed by atoms with E-state index in [1.165, 1.54) is 12.4 Å². The first-order valence-corrected chi connectivity index (χ1v) is 7.41. The van der Waals surface area contributed by atoms with Gasteiger partial charge in [0.2, 0.25) is 5.91 Å². The summed E-state index contributed by atoms with van der Waals surface area (Å²) in [6.07, 6.45) is 1.62. The molecule has 0 aliphatic carbocycles. The van der Waals surface area contributed by atoms with Crippen LogP contribution in [0.25, 0.3) is 0 Å². The molecule has 1 fully saturated rings. The summed E-state index contributed by atoms with van der Waals surface area (Å²) in [4.78, 5) is 12.5. The fourth-order valence-corrected chi connectivity index (χ4v) is 2.87. The minimum atomic E-state index is -4.35. The van der Waals surface area contributed by atoms with Crippen molar-refractivity contribution in [3.05, 3.63) is 30.4 Å². The molecule has 3 rings (SSSR count). The van der Waals surface area contributed by atoms with Crippen molar-refractivity contribution in [2.24, 2.45) is 13.0 Å². The zero-order valence-electron chi connectivity index (χ0n) is 13.3. The molecule has 2 N–H and O–H groups in total. The molecule has 1 aliphatic heterocycles. The second-order valence-electron chi connectivity index (χ2n) is 5.85. The average Bonchev–Trinajstić information content (AvgIpc) is 3.17. The lowest BCUT2D eigenvalue weighted by molar-refractivity contribution is -0.142. The Labute approximate surface area is 148 Å². The van der Waals surface area contributed by atoms with Crippen LogP contribution in [0, 0.1) is 5.92 Å². The molecule has 2 aromatic rings. The Morgan fingerprint density at radius 3 is 2.72 bits per heavy atom. The third kappa shape index (κ3) is 4.73. The number of amides is 1. The molecule has 0 bridgehead atoms. The minimum Gasteiger partial charge on any atom is -0.323 e. The van der Waals surface area contributed by atoms with Crippen molar-refractivity contribution >= 4 is 24.0 Å². The highest BCUT2D eigenvalue weighted by atomic mass is 35.5. The number of nitrogens with one attached hydrogen (secondary N) is 2. The quantitative estimate of drug-likeness (QED) is 0.846. The monoisotopic (exact) mass is 378 g/mol. The van der Waals surface area contributed by atoms with E-state index in [2.05, 4.69) is 20.8 Å². The van der Waals surface area contributed by atoms with E-state index >= 15 is 0 Å². The summed E-state index contributed by atoms with van der Waals surface area (Å²) in [6, 6.07) is 0. The van der Waals surface area contributed by atoms with E-state index < -0.39 is 12.7 Å². The van der Waals surface area contributed by atoms with Gasteiger partial charge in [-0.3, -0.25) is 14.2 Å². The van der Waals surface area contributed by atoms with Crippen molar-refractivity contribution in [1.82, 2.24) is 24.9 Å². The summed E-state index contributed by atoms with van der Waals surface area (Å²) in [5.41, 5.74) is 1.21. The molecule has 3 heterocycles. The maximum absolute atomic E-state index is 12.5. The van der Waals surface area contributed by atoms with Crippen molar-refractivity contribution < 1.29 is 18.0 Å². The van der Waals surface area contributed by atoms with E-state index in [0.29, 0.717) is 13.1 Å². The highest BCUT2D eigenvalue weighted by Gasteiger charge is 2.35. The number of halogens is 4. The van der Waals surface area contributed by atoms with Crippen molar-refractivity contribution in [3.8, 4) is 0 Å². The summed E-state index contributed by atoms with van der Waals surface area (Å²) in [5.74, 6) is -0.593. The van der Waals surface area contributed by atoms with Gasteiger partial charge in [-0.25, -0.2) is 0 Å². The Morgan fingerprint density at radius 1 is 1.32 bits per heavy atom. The first kappa shape index (κ1) is 19.3. The van der Waals surface area contributed by atoms with Gasteiger partial charge in [-0.1, -0.05) is 0 Å². The Balaban J connectivity index is 0.00000225. The smallest absolute Gasteiger partial charge is 0.323 e. The first-order chi connectivity index (χ1) is 11.3. The van der Waals surface area contributed by atoms with Crippen molar-refractivity contribution in [2.45, 2.75) is 18.6 Å². The van der Waals surface area contributed by atoms with E-state index in [9.17, 15) is 18.0 Å². The highest BCUT2D eigenvalue weighted by molar-refractivity contribution is 5.93. The molecular weight excluding hydrogens is 361 g/mol. The van der Waals surface area contributed by atoms with Gasteiger partial charge in [-0.05, 0) is 5.56 Å². The largest absolute Gasteiger partial charge is 0.408 e. The lowest BCUT2D eigenvalue weighted by Crippen LogP contribution is -2.27. The maximum Gasteiger partial charge on any atom is 0.408 e. The maximum atomic E-state index is 12.5. The van der Waals surface area contributed by atoms with E-state index in [0.717, 1.165) is 10.2 Å². The fraction of sp³-hybridized carbons (Fsp3) is 0.500. The average molecular weight is 379 g/mol. The van der Waals surface area contributed by atoms with E-state index in [4.69, 9.17) is 0 Å². The Morgan fingerprint density at radius 2 is 2.08 bits per heavy atom. The second-order valence-corrected chi connectivity index (χ2v) is 5.85. The zero-order chi connectivity index (χ0) is 17.3. The minimum absolute atomic E-state index is 0. The molecule has 25 heavy (non-hydrogen) atoms. The normalized spacial score (nSPS) is 20.3. The number of aromatic nitrogens is 4. The van der Waals surface area contributed by atoms with E-state index in [1.54, 1.807) is 17.9 Å². The molecule has 1 aliphatic rings. The molecule has 2 atom stereocenters. The van der Waals surface area contributed by atoms with Gasteiger partial charge in [0, 0.05) is 38.4 Å². The number of rotatable bonds is 4. The third-order valence-corrected chi connectivity index (χ3v) is 3.95. The van der Waals surface area contributed by atoms with Gasteiger partial charge in [0.15, 0.2) is 0 Å². The molecule has 11 heteroatoms. The third-order valence-electron chi connectivity index (χ3n) is 3.95. The van der Waals surface area contributed by atoms with Crippen LogP contribution in [0.2, 0.25) is 0 Å². The number of nitrogens with zero attached hydrogens (tertiary/aromatic N) is 4. The van der Waals surface area contributed by atoms with Gasteiger partial charge in [-0.2, -0.15) is 23.4 Å². The molecule has 0 spiro atoms. The van der Waals surface area contributed by atoms with Crippen molar-refractivity contribution in [3.63, 3.8) is 0 Å². The van der Waals surface area contributed by atoms with Crippen molar-refractivity contribution in [1.29, 1.82) is 0 Å². The Hall–Kier alpha value is -2.07. The molecule has 1 amide bonds. The first-order valence-electron chi connectivity index (χ1n) is 7.41. The number of hydrogen-bond donors (Lipinski definition) is 2. The second kappa shape index (κ2) is 7.44. The summed E-state index contributed by atoms with van der Waals surface area (Å²) in [7, 11) is 1.80. The molecule has 1 saturated heterocycles. The molecule has 0 radical (unpaired) electrons. The topological polar surface area (TPSA) is 76.8 Å². The number of anilines is 1. The predicted molar refractivity (Wildman–Crippen MR) is 86.5 cm³/mol. The van der Waals surface area contributed by atoms with Gasteiger partial charge in [0.05, 0.1) is 24.0 Å². The van der Waals surface area contributed by atoms with Crippen LogP contribution >= 0.6 is 12.4 Å². The molecule has 7 nitrogen and oxygen atoms in total. The zero-order valence-corrected chi connectivity index (χ0v) is 14.1. The number of aryl methyl sites for hydroxylation is 1. The molecule has 2 aromatic heterocycles.